The number of morpholine rings is 1. The lowest BCUT2D eigenvalue weighted by atomic mass is 10.2. The molecule has 0 spiro atoms. The first-order chi connectivity index (χ1) is 16.0. The van der Waals surface area contributed by atoms with Crippen molar-refractivity contribution in [1.82, 2.24) is 15.0 Å². The Hall–Kier alpha value is -3.83. The zero-order chi connectivity index (χ0) is 23.2. The van der Waals surface area contributed by atoms with Crippen LogP contribution in [0.25, 0.3) is 0 Å². The molecule has 3 aromatic rings. The van der Waals surface area contributed by atoms with Crippen molar-refractivity contribution in [3.63, 3.8) is 0 Å². The molecule has 1 saturated heterocycles. The molecule has 1 fully saturated rings. The summed E-state index contributed by atoms with van der Waals surface area (Å²) >= 11 is 6.23. The number of hydrogen-bond acceptors (Lipinski definition) is 10. The average molecular weight is 469 g/mol. The Morgan fingerprint density at radius 1 is 1.12 bits per heavy atom. The van der Waals surface area contributed by atoms with Gasteiger partial charge in [0.1, 0.15) is 0 Å². The largest absolute Gasteiger partial charge is 0.378 e. The predicted molar refractivity (Wildman–Crippen MR) is 127 cm³/mol. The van der Waals surface area contributed by atoms with Gasteiger partial charge in [0.2, 0.25) is 17.8 Å². The zero-order valence-corrected chi connectivity index (χ0v) is 18.5. The molecule has 0 bridgehead atoms. The van der Waals surface area contributed by atoms with Crippen molar-refractivity contribution in [2.75, 3.05) is 41.9 Å². The van der Waals surface area contributed by atoms with Gasteiger partial charge in [-0.2, -0.15) is 20.1 Å². The van der Waals surface area contributed by atoms with Gasteiger partial charge in [-0.15, -0.1) is 0 Å². The van der Waals surface area contributed by atoms with Crippen LogP contribution in [0.2, 0.25) is 5.02 Å². The molecule has 0 radical (unpaired) electrons. The van der Waals surface area contributed by atoms with Gasteiger partial charge in [0.25, 0.3) is 5.69 Å². The highest BCUT2D eigenvalue weighted by molar-refractivity contribution is 6.31. The van der Waals surface area contributed by atoms with Gasteiger partial charge in [-0.05, 0) is 42.3 Å². The summed E-state index contributed by atoms with van der Waals surface area (Å²) in [5.74, 6) is 1.06. The van der Waals surface area contributed by atoms with Crippen LogP contribution in [0.3, 0.4) is 0 Å². The van der Waals surface area contributed by atoms with Crippen molar-refractivity contribution < 1.29 is 9.66 Å². The van der Waals surface area contributed by atoms with Gasteiger partial charge in [0.15, 0.2) is 0 Å². The lowest BCUT2D eigenvalue weighted by Gasteiger charge is -2.27. The molecule has 1 aliphatic heterocycles. The van der Waals surface area contributed by atoms with E-state index in [1.807, 2.05) is 24.0 Å². The van der Waals surface area contributed by atoms with Gasteiger partial charge in [0, 0.05) is 35.9 Å². The topological polar surface area (TPSA) is 131 Å². The average Bonchev–Trinajstić information content (AvgIpc) is 2.82. The monoisotopic (exact) mass is 468 g/mol. The van der Waals surface area contributed by atoms with Crippen LogP contribution in [0.5, 0.6) is 0 Å². The second-order valence-corrected chi connectivity index (χ2v) is 7.60. The molecule has 11 nitrogen and oxygen atoms in total. The summed E-state index contributed by atoms with van der Waals surface area (Å²) in [7, 11) is 0. The number of nitro benzene ring substituents is 1. The van der Waals surface area contributed by atoms with Crippen LogP contribution in [0.1, 0.15) is 11.1 Å². The summed E-state index contributed by atoms with van der Waals surface area (Å²) in [5.41, 5.74) is 5.21. The molecule has 0 saturated carbocycles. The minimum absolute atomic E-state index is 0.0136. The van der Waals surface area contributed by atoms with Gasteiger partial charge in [0.05, 0.1) is 24.4 Å². The summed E-state index contributed by atoms with van der Waals surface area (Å²) < 4.78 is 5.41. The Morgan fingerprint density at radius 2 is 1.85 bits per heavy atom. The number of ether oxygens (including phenoxy) is 1. The molecule has 2 N–H and O–H groups in total. The highest BCUT2D eigenvalue weighted by Crippen LogP contribution is 2.23. The summed E-state index contributed by atoms with van der Waals surface area (Å²) in [6.45, 7) is 4.42. The van der Waals surface area contributed by atoms with Crippen LogP contribution in [-0.4, -0.2) is 52.4 Å². The van der Waals surface area contributed by atoms with Gasteiger partial charge >= 0.3 is 0 Å². The van der Waals surface area contributed by atoms with E-state index in [1.165, 1.54) is 18.3 Å². The maximum Gasteiger partial charge on any atom is 0.269 e. The first-order valence-corrected chi connectivity index (χ1v) is 10.5. The van der Waals surface area contributed by atoms with Crippen LogP contribution in [0, 0.1) is 17.0 Å². The highest BCUT2D eigenvalue weighted by Gasteiger charge is 2.17. The van der Waals surface area contributed by atoms with Crippen LogP contribution in [-0.2, 0) is 4.74 Å². The molecule has 33 heavy (non-hydrogen) atoms. The lowest BCUT2D eigenvalue weighted by molar-refractivity contribution is -0.384. The molecule has 0 amide bonds. The third-order valence-corrected chi connectivity index (χ3v) is 5.23. The fourth-order valence-electron chi connectivity index (χ4n) is 3.02. The Morgan fingerprint density at radius 3 is 2.55 bits per heavy atom. The number of aromatic nitrogens is 3. The number of nitrogens with one attached hydrogen (secondary N) is 2. The van der Waals surface area contributed by atoms with E-state index in [4.69, 9.17) is 16.3 Å². The number of non-ortho nitro benzene ring substituents is 1. The third kappa shape index (κ3) is 5.90. The number of aryl methyl sites for hydroxylation is 1. The summed E-state index contributed by atoms with van der Waals surface area (Å²) in [6.07, 6.45) is 1.52. The Balaban J connectivity index is 1.55. The van der Waals surface area contributed by atoms with Gasteiger partial charge in [-0.25, -0.2) is 5.43 Å². The molecule has 0 unspecified atom stereocenters. The van der Waals surface area contributed by atoms with Crippen molar-refractivity contribution in [2.45, 2.75) is 6.92 Å². The number of benzene rings is 2. The summed E-state index contributed by atoms with van der Waals surface area (Å²) in [4.78, 5) is 25.7. The fourth-order valence-corrected chi connectivity index (χ4v) is 3.20. The van der Waals surface area contributed by atoms with Gasteiger partial charge < -0.3 is 15.0 Å². The van der Waals surface area contributed by atoms with Crippen LogP contribution in [0.4, 0.5) is 29.2 Å². The van der Waals surface area contributed by atoms with Gasteiger partial charge in [-0.1, -0.05) is 17.7 Å². The van der Waals surface area contributed by atoms with E-state index in [9.17, 15) is 10.1 Å². The first-order valence-electron chi connectivity index (χ1n) is 10.1. The van der Waals surface area contributed by atoms with Crippen molar-refractivity contribution in [3.05, 3.63) is 68.7 Å². The van der Waals surface area contributed by atoms with E-state index >= 15 is 0 Å². The first kappa shape index (κ1) is 22.4. The SMILES string of the molecule is Cc1ccc(Nc2nc(N/N=C/c3ccc([N+](=O)[O-])cc3)nc(N3CCOCC3)n2)cc1Cl. The number of halogens is 1. The van der Waals surface area contributed by atoms with E-state index in [0.717, 1.165) is 11.3 Å². The number of hydrazone groups is 1. The lowest BCUT2D eigenvalue weighted by Crippen LogP contribution is -2.37. The van der Waals surface area contributed by atoms with E-state index < -0.39 is 4.92 Å². The zero-order valence-electron chi connectivity index (χ0n) is 17.7. The molecule has 2 heterocycles. The molecule has 12 heteroatoms. The normalized spacial score (nSPS) is 13.8. The molecule has 0 atom stereocenters. The van der Waals surface area contributed by atoms with E-state index in [2.05, 4.69) is 30.8 Å². The molecule has 4 rings (SSSR count). The quantitative estimate of drug-likeness (QED) is 0.302. The number of anilines is 4. The fraction of sp³-hybridized carbons (Fsp3) is 0.238. The third-order valence-electron chi connectivity index (χ3n) is 4.83. The Kier molecular flexibility index (Phi) is 6.91. The second kappa shape index (κ2) is 10.2. The smallest absolute Gasteiger partial charge is 0.269 e. The minimum atomic E-state index is -0.451. The molecule has 1 aromatic heterocycles. The van der Waals surface area contributed by atoms with Gasteiger partial charge in [-0.3, -0.25) is 10.1 Å². The highest BCUT2D eigenvalue weighted by atomic mass is 35.5. The van der Waals surface area contributed by atoms with Crippen LogP contribution in [0.15, 0.2) is 47.6 Å². The van der Waals surface area contributed by atoms with Crippen LogP contribution >= 0.6 is 11.6 Å². The Bertz CT molecular complexity index is 1170. The molecular weight excluding hydrogens is 448 g/mol. The second-order valence-electron chi connectivity index (χ2n) is 7.19. The van der Waals surface area contributed by atoms with Crippen LogP contribution < -0.4 is 15.6 Å². The van der Waals surface area contributed by atoms with E-state index in [1.54, 1.807) is 18.2 Å². The number of rotatable bonds is 7. The Labute approximate surface area is 194 Å². The van der Waals surface area contributed by atoms with Crippen molar-refractivity contribution in [2.24, 2.45) is 5.10 Å². The summed E-state index contributed by atoms with van der Waals surface area (Å²) in [5, 5.41) is 18.7. The molecule has 1 aliphatic rings. The number of hydrogen-bond donors (Lipinski definition) is 2. The molecule has 170 valence electrons. The summed E-state index contributed by atoms with van der Waals surface area (Å²) in [6, 6.07) is 11.6. The predicted octanol–water partition coefficient (Wildman–Crippen LogP) is 3.77. The molecule has 2 aromatic carbocycles. The standard InChI is InChI=1S/C21H21ClN8O3/c1-14-2-5-16(12-18(14)22)24-19-25-20(27-21(26-19)29-8-10-33-11-9-29)28-23-13-15-3-6-17(7-4-15)30(31)32/h2-7,12-13H,8-11H2,1H3,(H2,24,25,26,27,28)/b23-13+. The molecule has 0 aliphatic carbocycles. The number of nitrogens with zero attached hydrogens (tertiary/aromatic N) is 6. The molecular formula is C21H21ClN8O3. The minimum Gasteiger partial charge on any atom is -0.378 e. The maximum atomic E-state index is 10.8. The maximum absolute atomic E-state index is 10.8. The van der Waals surface area contributed by atoms with E-state index in [0.29, 0.717) is 48.8 Å². The van der Waals surface area contributed by atoms with Crippen molar-refractivity contribution in [3.8, 4) is 0 Å². The van der Waals surface area contributed by atoms with Crippen molar-refractivity contribution >= 4 is 47.0 Å². The number of nitro groups is 1. The van der Waals surface area contributed by atoms with Crippen molar-refractivity contribution in [1.29, 1.82) is 0 Å². The van der Waals surface area contributed by atoms with E-state index in [-0.39, 0.29) is 11.6 Å².